The number of amides is 2. The van der Waals surface area contributed by atoms with Gasteiger partial charge in [-0.15, -0.1) is 0 Å². The molecule has 18 heavy (non-hydrogen) atoms. The van der Waals surface area contributed by atoms with Gasteiger partial charge in [0.15, 0.2) is 13.1 Å². The van der Waals surface area contributed by atoms with Crippen LogP contribution in [0.3, 0.4) is 0 Å². The third kappa shape index (κ3) is 4.52. The van der Waals surface area contributed by atoms with Crippen LogP contribution in [0.5, 0.6) is 0 Å². The number of para-hydroxylation sites is 1. The molecule has 0 saturated heterocycles. The molecule has 98 valence electrons. The Morgan fingerprint density at radius 2 is 1.72 bits per heavy atom. The molecule has 0 aliphatic rings. The predicted octanol–water partition coefficient (Wildman–Crippen LogP) is 0.241. The fourth-order valence-corrected chi connectivity index (χ4v) is 1.74. The molecular formula is C11H14Cl2N3O2+. The van der Waals surface area contributed by atoms with Crippen molar-refractivity contribution >= 4 is 40.7 Å². The average Bonchev–Trinajstić information content (AvgIpc) is 2.34. The van der Waals surface area contributed by atoms with Crippen LogP contribution in [-0.4, -0.2) is 32.0 Å². The van der Waals surface area contributed by atoms with Gasteiger partial charge in [0.05, 0.1) is 15.7 Å². The Balaban J connectivity index is 2.47. The zero-order valence-electron chi connectivity index (χ0n) is 9.80. The second-order valence-electron chi connectivity index (χ2n) is 3.51. The Bertz CT molecular complexity index is 432. The number of nitrogens with two attached hydrogens (primary N) is 1. The lowest BCUT2D eigenvalue weighted by Crippen LogP contribution is -2.88. The smallest absolute Gasteiger partial charge is 0.279 e. The maximum Gasteiger partial charge on any atom is 0.279 e. The van der Waals surface area contributed by atoms with Crippen molar-refractivity contribution in [2.75, 3.05) is 25.5 Å². The van der Waals surface area contributed by atoms with Crippen LogP contribution < -0.4 is 16.0 Å². The van der Waals surface area contributed by atoms with E-state index in [9.17, 15) is 9.59 Å². The van der Waals surface area contributed by atoms with Gasteiger partial charge in [-0.25, -0.2) is 0 Å². The third-order valence-corrected chi connectivity index (χ3v) is 2.80. The van der Waals surface area contributed by atoms with Crippen LogP contribution in [0, 0.1) is 0 Å². The summed E-state index contributed by atoms with van der Waals surface area (Å²) >= 11 is 11.8. The summed E-state index contributed by atoms with van der Waals surface area (Å²) in [6, 6.07) is 4.96. The summed E-state index contributed by atoms with van der Waals surface area (Å²) in [4.78, 5) is 22.5. The van der Waals surface area contributed by atoms with E-state index >= 15 is 0 Å². The molecule has 0 unspecified atom stereocenters. The van der Waals surface area contributed by atoms with E-state index in [4.69, 9.17) is 23.2 Å². The van der Waals surface area contributed by atoms with E-state index in [1.807, 2.05) is 0 Å². The quantitative estimate of drug-likeness (QED) is 0.727. The van der Waals surface area contributed by atoms with Gasteiger partial charge in [-0.3, -0.25) is 9.59 Å². The van der Waals surface area contributed by atoms with Crippen molar-refractivity contribution in [3.63, 3.8) is 0 Å². The van der Waals surface area contributed by atoms with Crippen molar-refractivity contribution in [2.45, 2.75) is 0 Å². The summed E-state index contributed by atoms with van der Waals surface area (Å²) in [7, 11) is 1.54. The second kappa shape index (κ2) is 7.20. The van der Waals surface area contributed by atoms with Crippen LogP contribution in [0.4, 0.5) is 5.69 Å². The van der Waals surface area contributed by atoms with E-state index in [0.29, 0.717) is 15.7 Å². The maximum absolute atomic E-state index is 11.6. The van der Waals surface area contributed by atoms with Crippen molar-refractivity contribution in [3.05, 3.63) is 28.2 Å². The number of quaternary nitrogens is 1. The molecule has 0 aliphatic heterocycles. The topological polar surface area (TPSA) is 74.8 Å². The zero-order chi connectivity index (χ0) is 13.5. The van der Waals surface area contributed by atoms with Gasteiger partial charge in [0.2, 0.25) is 0 Å². The predicted molar refractivity (Wildman–Crippen MR) is 70.8 cm³/mol. The van der Waals surface area contributed by atoms with E-state index in [-0.39, 0.29) is 24.9 Å². The lowest BCUT2D eigenvalue weighted by molar-refractivity contribution is -0.632. The van der Waals surface area contributed by atoms with Crippen molar-refractivity contribution in [2.24, 2.45) is 0 Å². The maximum atomic E-state index is 11.6. The molecule has 5 nitrogen and oxygen atoms in total. The van der Waals surface area contributed by atoms with Gasteiger partial charge in [0.1, 0.15) is 0 Å². The number of carbonyl (C=O) groups excluding carboxylic acids is 2. The normalized spacial score (nSPS) is 9.94. The Kier molecular flexibility index (Phi) is 5.91. The van der Waals surface area contributed by atoms with E-state index < -0.39 is 0 Å². The van der Waals surface area contributed by atoms with Gasteiger partial charge < -0.3 is 16.0 Å². The number of benzene rings is 1. The number of hydrogen-bond acceptors (Lipinski definition) is 2. The van der Waals surface area contributed by atoms with Gasteiger partial charge in [-0.05, 0) is 12.1 Å². The highest BCUT2D eigenvalue weighted by Gasteiger charge is 2.11. The summed E-state index contributed by atoms with van der Waals surface area (Å²) in [6.45, 7) is 0.315. The molecule has 0 spiro atoms. The minimum Gasteiger partial charge on any atom is -0.354 e. The summed E-state index contributed by atoms with van der Waals surface area (Å²) in [5.41, 5.74) is 0.388. The first-order valence-corrected chi connectivity index (χ1v) is 6.06. The number of nitrogens with one attached hydrogen (secondary N) is 2. The molecule has 0 aromatic heterocycles. The third-order valence-electron chi connectivity index (χ3n) is 2.17. The van der Waals surface area contributed by atoms with Gasteiger partial charge >= 0.3 is 0 Å². The minimum absolute atomic E-state index is 0.120. The van der Waals surface area contributed by atoms with Crippen molar-refractivity contribution in [3.8, 4) is 0 Å². The van der Waals surface area contributed by atoms with Crippen molar-refractivity contribution in [1.82, 2.24) is 5.32 Å². The molecule has 0 radical (unpaired) electrons. The van der Waals surface area contributed by atoms with Crippen LogP contribution in [0.1, 0.15) is 0 Å². The molecule has 0 atom stereocenters. The fourth-order valence-electron chi connectivity index (χ4n) is 1.24. The highest BCUT2D eigenvalue weighted by Crippen LogP contribution is 2.29. The number of anilines is 1. The number of halogens is 2. The fraction of sp³-hybridized carbons (Fsp3) is 0.273. The summed E-state index contributed by atoms with van der Waals surface area (Å²) < 4.78 is 0. The molecular weight excluding hydrogens is 277 g/mol. The minimum atomic E-state index is -0.270. The first kappa shape index (κ1) is 14.8. The highest BCUT2D eigenvalue weighted by atomic mass is 35.5. The standard InChI is InChI=1S/C11H13Cl2N3O2/c1-14-9(17)5-15-6-10(18)16-11-7(12)3-2-4-8(11)13/h2-4,15H,5-6H2,1H3,(H,14,17)(H,16,18)/p+1. The molecule has 0 heterocycles. The summed E-state index contributed by atoms with van der Waals surface area (Å²) in [5, 5.41) is 7.40. The molecule has 1 rings (SSSR count). The van der Waals surface area contributed by atoms with Gasteiger partial charge in [-0.2, -0.15) is 0 Å². The lowest BCUT2D eigenvalue weighted by atomic mass is 10.3. The summed E-state index contributed by atoms with van der Waals surface area (Å²) in [5.74, 6) is -0.410. The monoisotopic (exact) mass is 290 g/mol. The second-order valence-corrected chi connectivity index (χ2v) is 4.33. The van der Waals surface area contributed by atoms with E-state index in [1.54, 1.807) is 30.6 Å². The van der Waals surface area contributed by atoms with Crippen molar-refractivity contribution < 1.29 is 14.9 Å². The van der Waals surface area contributed by atoms with Crippen molar-refractivity contribution in [1.29, 1.82) is 0 Å². The van der Waals surface area contributed by atoms with Crippen LogP contribution in [0.15, 0.2) is 18.2 Å². The molecule has 0 fully saturated rings. The SMILES string of the molecule is CNC(=O)C[NH2+]CC(=O)Nc1c(Cl)cccc1Cl. The largest absolute Gasteiger partial charge is 0.354 e. The molecule has 1 aromatic carbocycles. The van der Waals surface area contributed by atoms with Crippen LogP contribution in [0.2, 0.25) is 10.0 Å². The van der Waals surface area contributed by atoms with Crippen LogP contribution >= 0.6 is 23.2 Å². The Morgan fingerprint density at radius 1 is 1.17 bits per heavy atom. The lowest BCUT2D eigenvalue weighted by Gasteiger charge is -2.08. The Morgan fingerprint density at radius 3 is 2.28 bits per heavy atom. The summed E-state index contributed by atoms with van der Waals surface area (Å²) in [6.07, 6.45) is 0. The van der Waals surface area contributed by atoms with Crippen LogP contribution in [0.25, 0.3) is 0 Å². The first-order chi connectivity index (χ1) is 8.54. The molecule has 1 aromatic rings. The average molecular weight is 291 g/mol. The Labute approximate surface area is 115 Å². The van der Waals surface area contributed by atoms with Gasteiger partial charge in [0, 0.05) is 7.05 Å². The number of carbonyl (C=O) groups is 2. The highest BCUT2D eigenvalue weighted by molar-refractivity contribution is 6.39. The van der Waals surface area contributed by atoms with E-state index in [1.165, 1.54) is 0 Å². The number of hydrogen-bond donors (Lipinski definition) is 3. The molecule has 2 amide bonds. The molecule has 0 saturated carbocycles. The first-order valence-electron chi connectivity index (χ1n) is 5.30. The molecule has 7 heteroatoms. The number of likely N-dealkylation sites (N-methyl/N-ethyl adjacent to an activating group) is 1. The molecule has 0 bridgehead atoms. The van der Waals surface area contributed by atoms with Gasteiger partial charge in [-0.1, -0.05) is 29.3 Å². The zero-order valence-corrected chi connectivity index (χ0v) is 11.3. The number of rotatable bonds is 5. The molecule has 0 aliphatic carbocycles. The Hall–Kier alpha value is -1.30. The van der Waals surface area contributed by atoms with Crippen LogP contribution in [-0.2, 0) is 9.59 Å². The molecule has 4 N–H and O–H groups in total. The van der Waals surface area contributed by atoms with E-state index in [0.717, 1.165) is 0 Å². The van der Waals surface area contributed by atoms with E-state index in [2.05, 4.69) is 10.6 Å². The van der Waals surface area contributed by atoms with Gasteiger partial charge in [0.25, 0.3) is 11.8 Å².